The number of hydroxylamine groups is 1. The van der Waals surface area contributed by atoms with E-state index in [0.29, 0.717) is 5.71 Å². The van der Waals surface area contributed by atoms with E-state index in [1.54, 1.807) is 0 Å². The Balaban J connectivity index is 2.45. The van der Waals surface area contributed by atoms with Crippen LogP contribution in [0.3, 0.4) is 0 Å². The summed E-state index contributed by atoms with van der Waals surface area (Å²) in [5.41, 5.74) is 4.73. The minimum Gasteiger partial charge on any atom is -0.411 e. The van der Waals surface area contributed by atoms with E-state index in [1.165, 1.54) is 0 Å². The zero-order valence-corrected chi connectivity index (χ0v) is 7.64. The van der Waals surface area contributed by atoms with Gasteiger partial charge in [-0.1, -0.05) is 29.4 Å². The Bertz CT molecular complexity index is 363. The van der Waals surface area contributed by atoms with Crippen LogP contribution < -0.4 is 5.48 Å². The SMILES string of the molecule is ON=C1c2ccccc2CCC1NO. The van der Waals surface area contributed by atoms with Crippen LogP contribution in [-0.2, 0) is 6.42 Å². The summed E-state index contributed by atoms with van der Waals surface area (Å²) >= 11 is 0. The van der Waals surface area contributed by atoms with Crippen LogP contribution in [0.25, 0.3) is 0 Å². The Kier molecular flexibility index (Phi) is 2.47. The number of benzene rings is 1. The lowest BCUT2D eigenvalue weighted by atomic mass is 9.87. The smallest absolute Gasteiger partial charge is 0.106 e. The number of nitrogens with one attached hydrogen (secondary N) is 1. The highest BCUT2D eigenvalue weighted by atomic mass is 16.5. The summed E-state index contributed by atoms with van der Waals surface area (Å²) in [5, 5.41) is 21.0. The van der Waals surface area contributed by atoms with Crippen molar-refractivity contribution in [3.63, 3.8) is 0 Å². The molecule has 0 spiro atoms. The zero-order chi connectivity index (χ0) is 9.97. The van der Waals surface area contributed by atoms with Gasteiger partial charge >= 0.3 is 0 Å². The van der Waals surface area contributed by atoms with Gasteiger partial charge in [0.25, 0.3) is 0 Å². The van der Waals surface area contributed by atoms with Crippen LogP contribution in [0.4, 0.5) is 0 Å². The lowest BCUT2D eigenvalue weighted by Crippen LogP contribution is -2.38. The maximum atomic E-state index is 8.88. The van der Waals surface area contributed by atoms with E-state index in [-0.39, 0.29) is 6.04 Å². The van der Waals surface area contributed by atoms with E-state index in [9.17, 15) is 0 Å². The average Bonchev–Trinajstić information content (AvgIpc) is 2.27. The van der Waals surface area contributed by atoms with Crippen LogP contribution in [0.15, 0.2) is 29.4 Å². The van der Waals surface area contributed by atoms with Crippen molar-refractivity contribution >= 4 is 5.71 Å². The Morgan fingerprint density at radius 3 is 2.86 bits per heavy atom. The summed E-state index contributed by atoms with van der Waals surface area (Å²) in [6.07, 6.45) is 1.63. The first-order valence-electron chi connectivity index (χ1n) is 4.56. The van der Waals surface area contributed by atoms with Crippen LogP contribution in [0, 0.1) is 0 Å². The van der Waals surface area contributed by atoms with Crippen molar-refractivity contribution in [3.05, 3.63) is 35.4 Å². The number of aryl methyl sites for hydroxylation is 1. The predicted octanol–water partition coefficient (Wildman–Crippen LogP) is 1.16. The number of oxime groups is 1. The van der Waals surface area contributed by atoms with Gasteiger partial charge in [0.15, 0.2) is 0 Å². The first-order chi connectivity index (χ1) is 6.86. The van der Waals surface area contributed by atoms with Gasteiger partial charge < -0.3 is 10.4 Å². The van der Waals surface area contributed by atoms with Gasteiger partial charge in [-0.25, -0.2) is 0 Å². The van der Waals surface area contributed by atoms with Gasteiger partial charge in [-0.15, -0.1) is 0 Å². The monoisotopic (exact) mass is 192 g/mol. The van der Waals surface area contributed by atoms with Crippen molar-refractivity contribution in [2.75, 3.05) is 0 Å². The number of fused-ring (bicyclic) bond motifs is 1. The molecule has 0 radical (unpaired) electrons. The first-order valence-corrected chi connectivity index (χ1v) is 4.56. The van der Waals surface area contributed by atoms with Gasteiger partial charge in [-0.2, -0.15) is 5.48 Å². The molecule has 1 aromatic carbocycles. The Labute approximate surface area is 81.8 Å². The number of nitrogens with zero attached hydrogens (tertiary/aromatic N) is 1. The van der Waals surface area contributed by atoms with Gasteiger partial charge in [0.2, 0.25) is 0 Å². The van der Waals surface area contributed by atoms with Crippen molar-refractivity contribution in [1.82, 2.24) is 5.48 Å². The van der Waals surface area contributed by atoms with Gasteiger partial charge in [0, 0.05) is 5.56 Å². The second-order valence-corrected chi connectivity index (χ2v) is 3.36. The lowest BCUT2D eigenvalue weighted by molar-refractivity contribution is 0.143. The van der Waals surface area contributed by atoms with E-state index >= 15 is 0 Å². The maximum Gasteiger partial charge on any atom is 0.106 e. The fourth-order valence-electron chi connectivity index (χ4n) is 1.86. The number of hydrogen-bond donors (Lipinski definition) is 3. The molecule has 4 nitrogen and oxygen atoms in total. The van der Waals surface area contributed by atoms with E-state index in [1.807, 2.05) is 24.3 Å². The molecule has 14 heavy (non-hydrogen) atoms. The molecule has 0 saturated carbocycles. The fourth-order valence-corrected chi connectivity index (χ4v) is 1.86. The summed E-state index contributed by atoms with van der Waals surface area (Å²) < 4.78 is 0. The molecule has 1 atom stereocenters. The highest BCUT2D eigenvalue weighted by Crippen LogP contribution is 2.21. The largest absolute Gasteiger partial charge is 0.411 e. The molecule has 0 bridgehead atoms. The van der Waals surface area contributed by atoms with Crippen LogP contribution in [0.5, 0.6) is 0 Å². The first kappa shape index (κ1) is 9.18. The summed E-state index contributed by atoms with van der Waals surface area (Å²) in [5.74, 6) is 0. The third kappa shape index (κ3) is 1.38. The molecule has 1 aromatic rings. The zero-order valence-electron chi connectivity index (χ0n) is 7.64. The molecule has 0 saturated heterocycles. The second kappa shape index (κ2) is 3.77. The van der Waals surface area contributed by atoms with Gasteiger partial charge in [-0.3, -0.25) is 0 Å². The minimum atomic E-state index is -0.269. The molecule has 0 amide bonds. The molecule has 3 N–H and O–H groups in total. The maximum absolute atomic E-state index is 8.88. The molecular formula is C10H12N2O2. The second-order valence-electron chi connectivity index (χ2n) is 3.36. The molecule has 0 heterocycles. The predicted molar refractivity (Wildman–Crippen MR) is 51.8 cm³/mol. The molecular weight excluding hydrogens is 180 g/mol. The van der Waals surface area contributed by atoms with Crippen LogP contribution in [0.1, 0.15) is 17.5 Å². The summed E-state index contributed by atoms with van der Waals surface area (Å²) in [4.78, 5) is 0. The van der Waals surface area contributed by atoms with Gasteiger partial charge in [0.05, 0.1) is 6.04 Å². The highest BCUT2D eigenvalue weighted by molar-refractivity contribution is 6.06. The normalized spacial score (nSPS) is 23.5. The molecule has 1 unspecified atom stereocenters. The van der Waals surface area contributed by atoms with Gasteiger partial charge in [0.1, 0.15) is 5.71 Å². The summed E-state index contributed by atoms with van der Waals surface area (Å²) in [7, 11) is 0. The molecule has 2 rings (SSSR count). The average molecular weight is 192 g/mol. The summed E-state index contributed by atoms with van der Waals surface area (Å²) in [6.45, 7) is 0. The van der Waals surface area contributed by atoms with Crippen molar-refractivity contribution < 1.29 is 10.4 Å². The lowest BCUT2D eigenvalue weighted by Gasteiger charge is -2.23. The quantitative estimate of drug-likeness (QED) is 0.462. The van der Waals surface area contributed by atoms with Crippen LogP contribution in [0.2, 0.25) is 0 Å². The molecule has 0 aromatic heterocycles. The van der Waals surface area contributed by atoms with E-state index in [4.69, 9.17) is 10.4 Å². The highest BCUT2D eigenvalue weighted by Gasteiger charge is 2.24. The Morgan fingerprint density at radius 2 is 2.14 bits per heavy atom. The summed E-state index contributed by atoms with van der Waals surface area (Å²) in [6, 6.07) is 7.49. The van der Waals surface area contributed by atoms with E-state index in [0.717, 1.165) is 24.0 Å². The molecule has 1 aliphatic carbocycles. The third-order valence-electron chi connectivity index (χ3n) is 2.59. The van der Waals surface area contributed by atoms with Gasteiger partial charge in [-0.05, 0) is 18.4 Å². The van der Waals surface area contributed by atoms with E-state index < -0.39 is 0 Å². The standard InChI is InChI=1S/C10H12N2O2/c13-11-9-6-5-7-3-1-2-4-8(7)10(9)12-14/h1-4,9,11,13-14H,5-6H2. The third-order valence-corrected chi connectivity index (χ3v) is 2.59. The molecule has 74 valence electrons. The number of rotatable bonds is 1. The topological polar surface area (TPSA) is 64.9 Å². The number of hydrogen-bond acceptors (Lipinski definition) is 4. The Hall–Kier alpha value is -1.39. The van der Waals surface area contributed by atoms with Crippen LogP contribution >= 0.6 is 0 Å². The van der Waals surface area contributed by atoms with Crippen molar-refractivity contribution in [2.24, 2.45) is 5.16 Å². The van der Waals surface area contributed by atoms with Crippen molar-refractivity contribution in [3.8, 4) is 0 Å². The fraction of sp³-hybridized carbons (Fsp3) is 0.300. The molecule has 0 aliphatic heterocycles. The van der Waals surface area contributed by atoms with Crippen molar-refractivity contribution in [2.45, 2.75) is 18.9 Å². The minimum absolute atomic E-state index is 0.269. The molecule has 1 aliphatic rings. The Morgan fingerprint density at radius 1 is 1.36 bits per heavy atom. The molecule has 4 heteroatoms. The van der Waals surface area contributed by atoms with Crippen molar-refractivity contribution in [1.29, 1.82) is 0 Å². The molecule has 0 fully saturated rings. The van der Waals surface area contributed by atoms with E-state index in [2.05, 4.69) is 10.6 Å². The van der Waals surface area contributed by atoms with Crippen LogP contribution in [-0.4, -0.2) is 22.2 Å².